The Morgan fingerprint density at radius 3 is 2.79 bits per heavy atom. The fraction of sp³-hybridized carbons (Fsp3) is 0.600. The van der Waals surface area contributed by atoms with Crippen molar-refractivity contribution in [2.75, 3.05) is 0 Å². The first kappa shape index (κ1) is 9.77. The van der Waals surface area contributed by atoms with Crippen molar-refractivity contribution in [2.24, 2.45) is 11.7 Å². The van der Waals surface area contributed by atoms with E-state index in [4.69, 9.17) is 5.73 Å². The second kappa shape index (κ2) is 3.12. The molecule has 0 radical (unpaired) electrons. The summed E-state index contributed by atoms with van der Waals surface area (Å²) in [5.74, 6) is -4.29. The molecule has 2 atom stereocenters. The van der Waals surface area contributed by atoms with Gasteiger partial charge in [-0.05, 0) is 18.1 Å². The fourth-order valence-electron chi connectivity index (χ4n) is 2.15. The molecule has 14 heavy (non-hydrogen) atoms. The molecular weight excluding hydrogens is 191 g/mol. The molecule has 1 fully saturated rings. The minimum absolute atomic E-state index is 0.202. The number of rotatable bonds is 0. The molecule has 2 aliphatic rings. The molecule has 2 unspecified atom stereocenters. The first-order valence-corrected chi connectivity index (χ1v) is 4.70. The Kier molecular flexibility index (Phi) is 2.18. The van der Waals surface area contributed by atoms with E-state index < -0.39 is 17.7 Å². The lowest BCUT2D eigenvalue weighted by molar-refractivity contribution is -0.0692. The van der Waals surface area contributed by atoms with Crippen LogP contribution in [-0.4, -0.2) is 12.0 Å². The molecule has 0 aliphatic heterocycles. The largest absolute Gasteiger partial charge is 0.324 e. The molecule has 2 rings (SSSR count). The van der Waals surface area contributed by atoms with Crippen molar-refractivity contribution in [3.05, 3.63) is 23.6 Å². The van der Waals surface area contributed by atoms with Gasteiger partial charge in [0, 0.05) is 18.9 Å². The molecule has 0 saturated heterocycles. The van der Waals surface area contributed by atoms with Crippen LogP contribution in [0.1, 0.15) is 19.3 Å². The highest BCUT2D eigenvalue weighted by Crippen LogP contribution is 2.46. The van der Waals surface area contributed by atoms with Gasteiger partial charge in [-0.2, -0.15) is 0 Å². The van der Waals surface area contributed by atoms with E-state index in [1.165, 1.54) is 12.2 Å². The third-order valence-electron chi connectivity index (χ3n) is 2.98. The zero-order valence-electron chi connectivity index (χ0n) is 7.64. The van der Waals surface area contributed by atoms with Crippen LogP contribution < -0.4 is 5.73 Å². The average Bonchev–Trinajstić information content (AvgIpc) is 2.12. The van der Waals surface area contributed by atoms with Crippen LogP contribution in [0.5, 0.6) is 0 Å². The van der Waals surface area contributed by atoms with Crippen LogP contribution in [0.25, 0.3) is 0 Å². The van der Waals surface area contributed by atoms with Crippen molar-refractivity contribution >= 4 is 0 Å². The highest BCUT2D eigenvalue weighted by molar-refractivity contribution is 5.31. The van der Waals surface area contributed by atoms with Gasteiger partial charge in [0.1, 0.15) is 5.83 Å². The van der Waals surface area contributed by atoms with Crippen molar-refractivity contribution in [3.8, 4) is 0 Å². The standard InChI is InChI=1S/C10H12F3N/c11-6-1-2-7-8(5-6)10(12,13)4-3-9(7)14/h1-2,8-9H,3-5,14H2. The summed E-state index contributed by atoms with van der Waals surface area (Å²) in [4.78, 5) is 0. The summed E-state index contributed by atoms with van der Waals surface area (Å²) in [5, 5.41) is 0. The van der Waals surface area contributed by atoms with Gasteiger partial charge >= 0.3 is 0 Å². The van der Waals surface area contributed by atoms with E-state index in [1.807, 2.05) is 0 Å². The maximum absolute atomic E-state index is 13.4. The third-order valence-corrected chi connectivity index (χ3v) is 2.98. The van der Waals surface area contributed by atoms with Crippen LogP contribution in [0.3, 0.4) is 0 Å². The molecule has 0 aromatic rings. The van der Waals surface area contributed by atoms with Crippen molar-refractivity contribution < 1.29 is 13.2 Å². The van der Waals surface area contributed by atoms with E-state index in [0.29, 0.717) is 5.57 Å². The molecule has 0 bridgehead atoms. The summed E-state index contributed by atoms with van der Waals surface area (Å²) in [6.45, 7) is 0. The Bertz CT molecular complexity index is 306. The van der Waals surface area contributed by atoms with E-state index in [0.717, 1.165) is 0 Å². The molecule has 0 amide bonds. The zero-order chi connectivity index (χ0) is 10.3. The predicted molar refractivity (Wildman–Crippen MR) is 47.5 cm³/mol. The van der Waals surface area contributed by atoms with Gasteiger partial charge < -0.3 is 5.73 Å². The van der Waals surface area contributed by atoms with Crippen LogP contribution in [0.15, 0.2) is 23.6 Å². The molecule has 4 heteroatoms. The minimum Gasteiger partial charge on any atom is -0.324 e. The van der Waals surface area contributed by atoms with E-state index in [1.54, 1.807) is 0 Å². The van der Waals surface area contributed by atoms with E-state index in [9.17, 15) is 13.2 Å². The average molecular weight is 203 g/mol. The van der Waals surface area contributed by atoms with Gasteiger partial charge in [-0.1, -0.05) is 6.08 Å². The van der Waals surface area contributed by atoms with Gasteiger partial charge in [-0.3, -0.25) is 0 Å². The van der Waals surface area contributed by atoms with Gasteiger partial charge in [-0.25, -0.2) is 13.2 Å². The number of halogens is 3. The predicted octanol–water partition coefficient (Wildman–Crippen LogP) is 2.54. The first-order valence-electron chi connectivity index (χ1n) is 4.70. The molecule has 0 aromatic carbocycles. The Labute approximate surface area is 80.5 Å². The normalized spacial score (nSPS) is 35.7. The van der Waals surface area contributed by atoms with Crippen LogP contribution in [0, 0.1) is 5.92 Å². The number of nitrogens with two attached hydrogens (primary N) is 1. The van der Waals surface area contributed by atoms with E-state index in [-0.39, 0.29) is 25.3 Å². The topological polar surface area (TPSA) is 26.0 Å². The molecule has 0 heterocycles. The van der Waals surface area contributed by atoms with Gasteiger partial charge in [0.2, 0.25) is 0 Å². The van der Waals surface area contributed by atoms with Crippen molar-refractivity contribution in [3.63, 3.8) is 0 Å². The summed E-state index contributed by atoms with van der Waals surface area (Å²) < 4.78 is 39.7. The monoisotopic (exact) mass is 203 g/mol. The van der Waals surface area contributed by atoms with E-state index >= 15 is 0 Å². The fourth-order valence-corrected chi connectivity index (χ4v) is 2.15. The Morgan fingerprint density at radius 2 is 2.07 bits per heavy atom. The Balaban J connectivity index is 2.33. The van der Waals surface area contributed by atoms with Gasteiger partial charge in [0.25, 0.3) is 5.92 Å². The van der Waals surface area contributed by atoms with Crippen LogP contribution >= 0.6 is 0 Å². The number of alkyl halides is 2. The molecule has 78 valence electrons. The third kappa shape index (κ3) is 1.47. The maximum Gasteiger partial charge on any atom is 0.255 e. The number of hydrogen-bond acceptors (Lipinski definition) is 1. The highest BCUT2D eigenvalue weighted by Gasteiger charge is 2.47. The lowest BCUT2D eigenvalue weighted by atomic mass is 9.74. The summed E-state index contributed by atoms with van der Waals surface area (Å²) in [7, 11) is 0. The molecule has 0 aromatic heterocycles. The quantitative estimate of drug-likeness (QED) is 0.643. The SMILES string of the molecule is NC1CCC(F)(F)C2CC(F)=CC=C12. The zero-order valence-corrected chi connectivity index (χ0v) is 7.64. The van der Waals surface area contributed by atoms with Gasteiger partial charge in [-0.15, -0.1) is 0 Å². The Hall–Kier alpha value is -0.770. The number of fused-ring (bicyclic) bond motifs is 1. The van der Waals surface area contributed by atoms with Crippen molar-refractivity contribution in [1.29, 1.82) is 0 Å². The van der Waals surface area contributed by atoms with Crippen LogP contribution in [0.4, 0.5) is 13.2 Å². The second-order valence-electron chi connectivity index (χ2n) is 3.94. The Morgan fingerprint density at radius 1 is 1.36 bits per heavy atom. The first-order chi connectivity index (χ1) is 6.50. The van der Waals surface area contributed by atoms with E-state index in [2.05, 4.69) is 0 Å². The summed E-state index contributed by atoms with van der Waals surface area (Å²) >= 11 is 0. The second-order valence-corrected chi connectivity index (χ2v) is 3.94. The minimum atomic E-state index is -2.80. The van der Waals surface area contributed by atoms with Crippen molar-refractivity contribution in [2.45, 2.75) is 31.2 Å². The van der Waals surface area contributed by atoms with Crippen molar-refractivity contribution in [1.82, 2.24) is 0 Å². The lowest BCUT2D eigenvalue weighted by Gasteiger charge is -2.38. The maximum atomic E-state index is 13.4. The summed E-state index contributed by atoms with van der Waals surface area (Å²) in [6, 6.07) is -0.330. The number of allylic oxidation sites excluding steroid dienone is 3. The molecule has 2 aliphatic carbocycles. The van der Waals surface area contributed by atoms with Gasteiger partial charge in [0.15, 0.2) is 0 Å². The van der Waals surface area contributed by atoms with Crippen LogP contribution in [0.2, 0.25) is 0 Å². The summed E-state index contributed by atoms with van der Waals surface area (Å²) in [5.41, 5.74) is 6.21. The molecule has 1 saturated carbocycles. The highest BCUT2D eigenvalue weighted by atomic mass is 19.3. The summed E-state index contributed by atoms with van der Waals surface area (Å²) in [6.07, 6.45) is 2.51. The van der Waals surface area contributed by atoms with Gasteiger partial charge in [0.05, 0.1) is 5.92 Å². The molecular formula is C10H12F3N. The molecule has 1 nitrogen and oxygen atoms in total. The smallest absolute Gasteiger partial charge is 0.255 e. The number of hydrogen-bond donors (Lipinski definition) is 1. The molecule has 0 spiro atoms. The molecule has 2 N–H and O–H groups in total. The lowest BCUT2D eigenvalue weighted by Crippen LogP contribution is -2.43. The van der Waals surface area contributed by atoms with Crippen LogP contribution in [-0.2, 0) is 0 Å².